The fraction of sp³-hybridized carbons (Fsp3) is 0.500. The zero-order chi connectivity index (χ0) is 13.9. The minimum absolute atomic E-state index is 0.173. The van der Waals surface area contributed by atoms with Gasteiger partial charge in [-0.15, -0.1) is 0 Å². The first-order valence-electron chi connectivity index (χ1n) is 6.43. The maximum Gasteiger partial charge on any atom is 0.248 e. The van der Waals surface area contributed by atoms with Crippen LogP contribution in [0.3, 0.4) is 0 Å². The molecule has 1 aliphatic heterocycles. The largest absolute Gasteiger partial charge is 0.369 e. The summed E-state index contributed by atoms with van der Waals surface area (Å²) in [7, 11) is 0. The van der Waals surface area contributed by atoms with E-state index >= 15 is 0 Å². The number of nitrogens with two attached hydrogens (primary N) is 1. The number of halogens is 1. The number of benzene rings is 1. The van der Waals surface area contributed by atoms with Crippen LogP contribution in [-0.2, 0) is 11.3 Å². The summed E-state index contributed by atoms with van der Waals surface area (Å²) in [6, 6.07) is 4.23. The number of primary amides is 1. The van der Waals surface area contributed by atoms with Crippen molar-refractivity contribution in [3.05, 3.63) is 35.1 Å². The monoisotopic (exact) mass is 266 g/mol. The van der Waals surface area contributed by atoms with E-state index in [2.05, 4.69) is 5.32 Å². The fourth-order valence-electron chi connectivity index (χ4n) is 2.22. The summed E-state index contributed by atoms with van der Waals surface area (Å²) >= 11 is 0. The van der Waals surface area contributed by atoms with E-state index in [1.54, 1.807) is 6.07 Å². The molecule has 0 aliphatic carbocycles. The maximum absolute atomic E-state index is 13.8. The van der Waals surface area contributed by atoms with Crippen molar-refractivity contribution >= 4 is 5.91 Å². The SMILES string of the molecule is CC1(OCc2ccc(C(N)=O)cc2F)CCCNC1. The first-order valence-corrected chi connectivity index (χ1v) is 6.43. The van der Waals surface area contributed by atoms with E-state index in [0.717, 1.165) is 32.0 Å². The standard InChI is InChI=1S/C14H19FN2O2/c1-14(5-2-6-17-9-14)19-8-11-4-3-10(13(16)18)7-12(11)15/h3-4,7,17H,2,5-6,8-9H2,1H3,(H2,16,18). The van der Waals surface area contributed by atoms with Gasteiger partial charge in [-0.1, -0.05) is 6.07 Å². The third-order valence-electron chi connectivity index (χ3n) is 3.47. The molecule has 0 spiro atoms. The minimum atomic E-state index is -0.630. The Labute approximate surface area is 112 Å². The molecule has 19 heavy (non-hydrogen) atoms. The lowest BCUT2D eigenvalue weighted by molar-refractivity contribution is -0.0580. The molecule has 5 heteroatoms. The van der Waals surface area contributed by atoms with E-state index in [1.807, 2.05) is 6.92 Å². The molecule has 4 nitrogen and oxygen atoms in total. The molecule has 3 N–H and O–H groups in total. The van der Waals surface area contributed by atoms with Gasteiger partial charge in [0.15, 0.2) is 0 Å². The van der Waals surface area contributed by atoms with E-state index in [4.69, 9.17) is 10.5 Å². The molecule has 104 valence electrons. The quantitative estimate of drug-likeness (QED) is 0.869. The van der Waals surface area contributed by atoms with Crippen LogP contribution >= 0.6 is 0 Å². The second kappa shape index (κ2) is 5.67. The van der Waals surface area contributed by atoms with Crippen LogP contribution in [-0.4, -0.2) is 24.6 Å². The normalized spacial score (nSPS) is 23.3. The highest BCUT2D eigenvalue weighted by Crippen LogP contribution is 2.22. The highest BCUT2D eigenvalue weighted by molar-refractivity contribution is 5.92. The van der Waals surface area contributed by atoms with Gasteiger partial charge in [0.1, 0.15) is 5.82 Å². The highest BCUT2D eigenvalue weighted by atomic mass is 19.1. The molecule has 1 atom stereocenters. The molecule has 0 aromatic heterocycles. The second-order valence-corrected chi connectivity index (χ2v) is 5.19. The van der Waals surface area contributed by atoms with Crippen molar-refractivity contribution in [1.29, 1.82) is 0 Å². The van der Waals surface area contributed by atoms with Crippen LogP contribution in [0.4, 0.5) is 4.39 Å². The molecule has 1 aromatic rings. The van der Waals surface area contributed by atoms with Crippen LogP contribution in [0.2, 0.25) is 0 Å². The lowest BCUT2D eigenvalue weighted by atomic mass is 9.96. The Morgan fingerprint density at radius 1 is 1.58 bits per heavy atom. The van der Waals surface area contributed by atoms with Crippen molar-refractivity contribution in [3.8, 4) is 0 Å². The van der Waals surface area contributed by atoms with Gasteiger partial charge in [-0.3, -0.25) is 4.79 Å². The number of nitrogens with one attached hydrogen (secondary N) is 1. The average molecular weight is 266 g/mol. The van der Waals surface area contributed by atoms with Gasteiger partial charge in [0, 0.05) is 17.7 Å². The Bertz CT molecular complexity index is 471. The predicted octanol–water partition coefficient (Wildman–Crippen LogP) is 1.58. The molecule has 1 fully saturated rings. The molecular weight excluding hydrogens is 247 g/mol. The number of carbonyl (C=O) groups is 1. The Hall–Kier alpha value is -1.46. The third kappa shape index (κ3) is 3.52. The first-order chi connectivity index (χ1) is 9.00. The maximum atomic E-state index is 13.8. The van der Waals surface area contributed by atoms with Gasteiger partial charge in [-0.25, -0.2) is 4.39 Å². The molecule has 0 radical (unpaired) electrons. The zero-order valence-electron chi connectivity index (χ0n) is 11.0. The molecule has 1 amide bonds. The minimum Gasteiger partial charge on any atom is -0.369 e. The molecule has 0 bridgehead atoms. The fourth-order valence-corrected chi connectivity index (χ4v) is 2.22. The lowest BCUT2D eigenvalue weighted by Gasteiger charge is -2.34. The van der Waals surface area contributed by atoms with Crippen LogP contribution in [0.5, 0.6) is 0 Å². The van der Waals surface area contributed by atoms with E-state index in [0.29, 0.717) is 5.56 Å². The van der Waals surface area contributed by atoms with E-state index in [9.17, 15) is 9.18 Å². The molecule has 1 unspecified atom stereocenters. The first kappa shape index (κ1) is 14.0. The number of piperidine rings is 1. The van der Waals surface area contributed by atoms with Crippen LogP contribution in [0.25, 0.3) is 0 Å². The Kier molecular flexibility index (Phi) is 4.17. The summed E-state index contributed by atoms with van der Waals surface area (Å²) in [4.78, 5) is 10.9. The Balaban J connectivity index is 2.01. The summed E-state index contributed by atoms with van der Waals surface area (Å²) in [5, 5.41) is 3.27. The van der Waals surface area contributed by atoms with Crippen LogP contribution < -0.4 is 11.1 Å². The second-order valence-electron chi connectivity index (χ2n) is 5.19. The number of amides is 1. The molecule has 1 aromatic carbocycles. The van der Waals surface area contributed by atoms with Crippen molar-refractivity contribution < 1.29 is 13.9 Å². The smallest absolute Gasteiger partial charge is 0.248 e. The van der Waals surface area contributed by atoms with Gasteiger partial charge in [-0.05, 0) is 38.4 Å². The zero-order valence-corrected chi connectivity index (χ0v) is 11.0. The van der Waals surface area contributed by atoms with Gasteiger partial charge < -0.3 is 15.8 Å². The predicted molar refractivity (Wildman–Crippen MR) is 70.2 cm³/mol. The van der Waals surface area contributed by atoms with Gasteiger partial charge in [0.25, 0.3) is 0 Å². The summed E-state index contributed by atoms with van der Waals surface area (Å²) < 4.78 is 19.6. The van der Waals surface area contributed by atoms with E-state index in [1.165, 1.54) is 6.07 Å². The summed E-state index contributed by atoms with van der Waals surface area (Å²) in [6.45, 7) is 3.99. The summed E-state index contributed by atoms with van der Waals surface area (Å²) in [5.74, 6) is -1.08. The molecule has 1 saturated heterocycles. The Morgan fingerprint density at radius 3 is 2.95 bits per heavy atom. The van der Waals surface area contributed by atoms with Crippen molar-refractivity contribution in [2.45, 2.75) is 32.0 Å². The van der Waals surface area contributed by atoms with Crippen LogP contribution in [0.15, 0.2) is 18.2 Å². The molecule has 1 heterocycles. The topological polar surface area (TPSA) is 64.3 Å². The molecular formula is C14H19FN2O2. The van der Waals surface area contributed by atoms with Crippen molar-refractivity contribution in [2.24, 2.45) is 5.73 Å². The summed E-state index contributed by atoms with van der Waals surface area (Å²) in [6.07, 6.45) is 2.01. The molecule has 0 saturated carbocycles. The van der Waals surface area contributed by atoms with Crippen LogP contribution in [0.1, 0.15) is 35.7 Å². The number of hydrogen-bond donors (Lipinski definition) is 2. The van der Waals surface area contributed by atoms with Crippen molar-refractivity contribution in [2.75, 3.05) is 13.1 Å². The number of carbonyl (C=O) groups excluding carboxylic acids is 1. The van der Waals surface area contributed by atoms with Gasteiger partial charge in [0.2, 0.25) is 5.91 Å². The molecule has 2 rings (SSSR count). The molecule has 1 aliphatic rings. The van der Waals surface area contributed by atoms with Crippen molar-refractivity contribution in [3.63, 3.8) is 0 Å². The van der Waals surface area contributed by atoms with Gasteiger partial charge in [-0.2, -0.15) is 0 Å². The lowest BCUT2D eigenvalue weighted by Crippen LogP contribution is -2.45. The van der Waals surface area contributed by atoms with E-state index < -0.39 is 11.7 Å². The number of rotatable bonds is 4. The van der Waals surface area contributed by atoms with Crippen LogP contribution in [0, 0.1) is 5.82 Å². The van der Waals surface area contributed by atoms with E-state index in [-0.39, 0.29) is 17.8 Å². The van der Waals surface area contributed by atoms with Crippen molar-refractivity contribution in [1.82, 2.24) is 5.32 Å². The number of hydrogen-bond acceptors (Lipinski definition) is 3. The van der Waals surface area contributed by atoms with Gasteiger partial charge in [0.05, 0.1) is 12.2 Å². The average Bonchev–Trinajstić information content (AvgIpc) is 2.38. The number of ether oxygens (including phenoxy) is 1. The summed E-state index contributed by atoms with van der Waals surface area (Å²) in [5.41, 5.74) is 5.46. The Morgan fingerprint density at radius 2 is 2.37 bits per heavy atom. The third-order valence-corrected chi connectivity index (χ3v) is 3.47. The highest BCUT2D eigenvalue weighted by Gasteiger charge is 2.27. The van der Waals surface area contributed by atoms with Gasteiger partial charge >= 0.3 is 0 Å².